The molecule has 0 unspecified atom stereocenters. The van der Waals surface area contributed by atoms with Crippen molar-refractivity contribution < 1.29 is 9.53 Å². The predicted molar refractivity (Wildman–Crippen MR) is 140 cm³/mol. The summed E-state index contributed by atoms with van der Waals surface area (Å²) in [5.74, 6) is 1.96. The normalized spacial score (nSPS) is 10.8. The Morgan fingerprint density at radius 2 is 1.75 bits per heavy atom. The van der Waals surface area contributed by atoms with Gasteiger partial charge in [0.15, 0.2) is 0 Å². The SMILES string of the molecule is C=C(N)Cn1c(-c2cccc(Oc3ccccc3)c2)nc2cc(C(=O)NCc3ccccn3)ccc21. The lowest BCUT2D eigenvalue weighted by atomic mass is 10.2. The monoisotopic (exact) mass is 475 g/mol. The predicted octanol–water partition coefficient (Wildman–Crippen LogP) is 5.29. The lowest BCUT2D eigenvalue weighted by Gasteiger charge is -2.11. The molecule has 0 radical (unpaired) electrons. The molecule has 5 rings (SSSR count). The van der Waals surface area contributed by atoms with Gasteiger partial charge in [0, 0.05) is 23.0 Å². The lowest BCUT2D eigenvalue weighted by molar-refractivity contribution is 0.0950. The number of nitrogens with zero attached hydrogens (tertiary/aromatic N) is 3. The fourth-order valence-electron chi connectivity index (χ4n) is 3.95. The van der Waals surface area contributed by atoms with Gasteiger partial charge >= 0.3 is 0 Å². The van der Waals surface area contributed by atoms with E-state index >= 15 is 0 Å². The van der Waals surface area contributed by atoms with E-state index in [-0.39, 0.29) is 5.91 Å². The third-order valence-electron chi connectivity index (χ3n) is 5.60. The van der Waals surface area contributed by atoms with Crippen LogP contribution in [0.4, 0.5) is 0 Å². The fraction of sp³-hybridized carbons (Fsp3) is 0.0690. The van der Waals surface area contributed by atoms with Gasteiger partial charge in [-0.2, -0.15) is 0 Å². The average molecular weight is 476 g/mol. The number of imidazole rings is 1. The molecule has 3 N–H and O–H groups in total. The molecule has 7 heteroatoms. The van der Waals surface area contributed by atoms with E-state index in [1.807, 2.05) is 83.4 Å². The first-order valence-corrected chi connectivity index (χ1v) is 11.5. The molecule has 0 aliphatic carbocycles. The zero-order chi connectivity index (χ0) is 24.9. The maximum atomic E-state index is 12.8. The molecule has 7 nitrogen and oxygen atoms in total. The molecule has 5 aromatic rings. The second kappa shape index (κ2) is 10.1. The Labute approximate surface area is 208 Å². The van der Waals surface area contributed by atoms with Crippen LogP contribution in [0, 0.1) is 0 Å². The summed E-state index contributed by atoms with van der Waals surface area (Å²) < 4.78 is 8.01. The summed E-state index contributed by atoms with van der Waals surface area (Å²) in [4.78, 5) is 21.9. The molecule has 1 amide bonds. The minimum atomic E-state index is -0.194. The topological polar surface area (TPSA) is 95.1 Å². The van der Waals surface area contributed by atoms with Crippen molar-refractivity contribution in [2.45, 2.75) is 13.1 Å². The van der Waals surface area contributed by atoms with Crippen molar-refractivity contribution in [1.29, 1.82) is 0 Å². The number of ether oxygens (including phenoxy) is 1. The van der Waals surface area contributed by atoms with Crippen molar-refractivity contribution >= 4 is 16.9 Å². The van der Waals surface area contributed by atoms with Crippen LogP contribution in [0.1, 0.15) is 16.1 Å². The molecule has 2 aromatic heterocycles. The number of fused-ring (bicyclic) bond motifs is 1. The molecular weight excluding hydrogens is 450 g/mol. The highest BCUT2D eigenvalue weighted by molar-refractivity contribution is 5.97. The molecule has 0 spiro atoms. The van der Waals surface area contributed by atoms with E-state index in [1.54, 1.807) is 18.3 Å². The maximum absolute atomic E-state index is 12.8. The lowest BCUT2D eigenvalue weighted by Crippen LogP contribution is -2.23. The van der Waals surface area contributed by atoms with E-state index in [0.29, 0.717) is 41.4 Å². The van der Waals surface area contributed by atoms with E-state index in [4.69, 9.17) is 15.5 Å². The number of carbonyl (C=O) groups is 1. The quantitative estimate of drug-likeness (QED) is 0.318. The highest BCUT2D eigenvalue weighted by Gasteiger charge is 2.16. The molecule has 0 aliphatic rings. The number of pyridine rings is 1. The molecule has 178 valence electrons. The van der Waals surface area contributed by atoms with Gasteiger partial charge in [-0.25, -0.2) is 4.98 Å². The summed E-state index contributed by atoms with van der Waals surface area (Å²) in [5, 5.41) is 2.91. The van der Waals surface area contributed by atoms with Crippen molar-refractivity contribution in [2.24, 2.45) is 5.73 Å². The number of amides is 1. The van der Waals surface area contributed by atoms with Crippen LogP contribution in [0.2, 0.25) is 0 Å². The summed E-state index contributed by atoms with van der Waals surface area (Å²) in [6, 6.07) is 28.4. The van der Waals surface area contributed by atoms with Crippen LogP contribution in [0.5, 0.6) is 11.5 Å². The Morgan fingerprint density at radius 1 is 0.944 bits per heavy atom. The number of para-hydroxylation sites is 1. The van der Waals surface area contributed by atoms with Crippen LogP contribution in [0.3, 0.4) is 0 Å². The van der Waals surface area contributed by atoms with Crippen molar-refractivity contribution in [1.82, 2.24) is 19.9 Å². The van der Waals surface area contributed by atoms with Crippen molar-refractivity contribution in [3.8, 4) is 22.9 Å². The van der Waals surface area contributed by atoms with Crippen LogP contribution in [0.15, 0.2) is 109 Å². The zero-order valence-corrected chi connectivity index (χ0v) is 19.6. The molecule has 36 heavy (non-hydrogen) atoms. The number of hydrogen-bond acceptors (Lipinski definition) is 5. The Hall–Kier alpha value is -4.91. The van der Waals surface area contributed by atoms with Gasteiger partial charge in [-0.3, -0.25) is 9.78 Å². The molecule has 0 aliphatic heterocycles. The number of allylic oxidation sites excluding steroid dienone is 1. The molecule has 0 fully saturated rings. The first-order valence-electron chi connectivity index (χ1n) is 11.5. The Morgan fingerprint density at radius 3 is 2.53 bits per heavy atom. The molecule has 3 aromatic carbocycles. The zero-order valence-electron chi connectivity index (χ0n) is 19.6. The number of nitrogens with two attached hydrogens (primary N) is 1. The first-order chi connectivity index (χ1) is 17.6. The molecular formula is C29H25N5O2. The van der Waals surface area contributed by atoms with E-state index in [9.17, 15) is 4.79 Å². The Kier molecular flexibility index (Phi) is 6.44. The standard InChI is InChI=1S/C29H25N5O2/c1-20(30)19-34-27-14-13-22(29(35)32-18-23-9-5-6-15-31-23)17-26(27)33-28(34)21-8-7-12-25(16-21)36-24-10-3-2-4-11-24/h2-17H,1,18-19,30H2,(H,32,35). The van der Waals surface area contributed by atoms with Gasteiger partial charge in [-0.15, -0.1) is 0 Å². The van der Waals surface area contributed by atoms with Gasteiger partial charge in [0.05, 0.1) is 29.8 Å². The Bertz CT molecular complexity index is 1530. The van der Waals surface area contributed by atoms with Crippen LogP contribution < -0.4 is 15.8 Å². The van der Waals surface area contributed by atoms with Gasteiger partial charge in [-0.1, -0.05) is 43.0 Å². The van der Waals surface area contributed by atoms with Crippen LogP contribution in [-0.4, -0.2) is 20.4 Å². The molecule has 0 saturated heterocycles. The van der Waals surface area contributed by atoms with E-state index in [0.717, 1.165) is 22.5 Å². The first kappa shape index (κ1) is 22.9. The van der Waals surface area contributed by atoms with Gasteiger partial charge < -0.3 is 20.4 Å². The summed E-state index contributed by atoms with van der Waals surface area (Å²) in [6.07, 6.45) is 1.70. The summed E-state index contributed by atoms with van der Waals surface area (Å²) in [6.45, 7) is 4.61. The van der Waals surface area contributed by atoms with E-state index in [2.05, 4.69) is 16.9 Å². The molecule has 0 bridgehead atoms. The molecule has 2 heterocycles. The van der Waals surface area contributed by atoms with Crippen LogP contribution in [0.25, 0.3) is 22.4 Å². The smallest absolute Gasteiger partial charge is 0.251 e. The van der Waals surface area contributed by atoms with E-state index < -0.39 is 0 Å². The second-order valence-corrected chi connectivity index (χ2v) is 8.33. The summed E-state index contributed by atoms with van der Waals surface area (Å²) >= 11 is 0. The number of nitrogens with one attached hydrogen (secondary N) is 1. The fourth-order valence-corrected chi connectivity index (χ4v) is 3.95. The third kappa shape index (κ3) is 5.10. The van der Waals surface area contributed by atoms with Gasteiger partial charge in [0.2, 0.25) is 0 Å². The summed E-state index contributed by atoms with van der Waals surface area (Å²) in [5.41, 5.74) is 10.2. The minimum absolute atomic E-state index is 0.194. The number of aromatic nitrogens is 3. The minimum Gasteiger partial charge on any atom is -0.457 e. The van der Waals surface area contributed by atoms with Crippen LogP contribution >= 0.6 is 0 Å². The number of rotatable bonds is 8. The number of carbonyl (C=O) groups excluding carboxylic acids is 1. The van der Waals surface area contributed by atoms with Crippen molar-refractivity contribution in [3.63, 3.8) is 0 Å². The Balaban J connectivity index is 1.46. The maximum Gasteiger partial charge on any atom is 0.251 e. The highest BCUT2D eigenvalue weighted by atomic mass is 16.5. The van der Waals surface area contributed by atoms with Crippen molar-refractivity contribution in [2.75, 3.05) is 0 Å². The van der Waals surface area contributed by atoms with Gasteiger partial charge in [0.25, 0.3) is 5.91 Å². The molecule has 0 atom stereocenters. The largest absolute Gasteiger partial charge is 0.457 e. The van der Waals surface area contributed by atoms with Crippen LogP contribution in [-0.2, 0) is 13.1 Å². The van der Waals surface area contributed by atoms with Gasteiger partial charge in [-0.05, 0) is 54.6 Å². The third-order valence-corrected chi connectivity index (χ3v) is 5.60. The summed E-state index contributed by atoms with van der Waals surface area (Å²) in [7, 11) is 0. The van der Waals surface area contributed by atoms with E-state index in [1.165, 1.54) is 0 Å². The highest BCUT2D eigenvalue weighted by Crippen LogP contribution is 2.30. The van der Waals surface area contributed by atoms with Gasteiger partial charge in [0.1, 0.15) is 17.3 Å². The average Bonchev–Trinajstić information content (AvgIpc) is 3.25. The number of benzene rings is 3. The van der Waals surface area contributed by atoms with Crippen molar-refractivity contribution in [3.05, 3.63) is 121 Å². The number of hydrogen-bond donors (Lipinski definition) is 2. The molecule has 0 saturated carbocycles. The second-order valence-electron chi connectivity index (χ2n) is 8.33.